The van der Waals surface area contributed by atoms with Crippen molar-refractivity contribution >= 4 is 34.5 Å². The van der Waals surface area contributed by atoms with Crippen molar-refractivity contribution in [3.05, 3.63) is 36.0 Å². The van der Waals surface area contributed by atoms with Crippen molar-refractivity contribution in [3.63, 3.8) is 0 Å². The molecule has 172 valence electrons. The number of benzene rings is 1. The standard InChI is InChI=1S/C22H29N5O5/c1-13(2)32-22(31)19(9-8-16(29)12-25-23)27-21(30)20(26-14(3)28)10-15-11-24-18-7-5-4-6-17(15)18/h4-7,11,13,19-20,23-24H,8-10,12H2,1-3H3,(H,26,28)(H,27,30)/t19-,20-/m0/s1. The molecule has 1 aromatic carbocycles. The highest BCUT2D eigenvalue weighted by Crippen LogP contribution is 2.19. The van der Waals surface area contributed by atoms with Gasteiger partial charge in [-0.3, -0.25) is 14.4 Å². The summed E-state index contributed by atoms with van der Waals surface area (Å²) in [6, 6.07) is 5.59. The number of carbonyl (C=O) groups excluding carboxylic acids is 4. The minimum absolute atomic E-state index is 0.00548. The number of fused-ring (bicyclic) bond motifs is 1. The zero-order chi connectivity index (χ0) is 23.7. The Hall–Kier alpha value is -3.56. The average molecular weight is 444 g/mol. The third-order valence-corrected chi connectivity index (χ3v) is 4.71. The SMILES string of the molecule is CC(=O)N[C@@H](Cc1c[nH]c2ccccc12)C(=O)N[C@@H](CCC(=O)CN=N)C(=O)OC(C)C. The summed E-state index contributed by atoms with van der Waals surface area (Å²) in [4.78, 5) is 52.2. The van der Waals surface area contributed by atoms with Crippen LogP contribution in [0, 0.1) is 5.53 Å². The number of carbonyl (C=O) groups is 4. The molecule has 0 aliphatic rings. The second-order valence-corrected chi connectivity index (χ2v) is 7.76. The van der Waals surface area contributed by atoms with Crippen molar-refractivity contribution in [1.82, 2.24) is 15.6 Å². The Labute approximate surface area is 186 Å². The summed E-state index contributed by atoms with van der Waals surface area (Å²) in [7, 11) is 0. The third kappa shape index (κ3) is 7.29. The minimum Gasteiger partial charge on any atom is -0.461 e. The smallest absolute Gasteiger partial charge is 0.328 e. The topological polar surface area (TPSA) is 154 Å². The molecule has 0 saturated heterocycles. The van der Waals surface area contributed by atoms with Crippen LogP contribution < -0.4 is 10.6 Å². The van der Waals surface area contributed by atoms with Crippen molar-refractivity contribution in [2.75, 3.05) is 6.54 Å². The lowest BCUT2D eigenvalue weighted by molar-refractivity contribution is -0.152. The van der Waals surface area contributed by atoms with Gasteiger partial charge in [0.1, 0.15) is 18.6 Å². The predicted molar refractivity (Wildman–Crippen MR) is 117 cm³/mol. The van der Waals surface area contributed by atoms with Gasteiger partial charge in [-0.2, -0.15) is 5.11 Å². The molecule has 10 nitrogen and oxygen atoms in total. The molecule has 0 aliphatic heterocycles. The van der Waals surface area contributed by atoms with Crippen LogP contribution in [0.4, 0.5) is 0 Å². The molecule has 0 aliphatic carbocycles. The summed E-state index contributed by atoms with van der Waals surface area (Å²) >= 11 is 0. The normalized spacial score (nSPS) is 12.8. The van der Waals surface area contributed by atoms with Gasteiger partial charge in [-0.1, -0.05) is 18.2 Å². The van der Waals surface area contributed by atoms with Crippen molar-refractivity contribution in [2.24, 2.45) is 5.11 Å². The van der Waals surface area contributed by atoms with Gasteiger partial charge in [0.05, 0.1) is 6.10 Å². The van der Waals surface area contributed by atoms with E-state index in [4.69, 9.17) is 10.3 Å². The number of hydrogen-bond acceptors (Lipinski definition) is 7. The number of Topliss-reactive ketones (excluding diaryl/α,β-unsaturated/α-hetero) is 1. The number of hydrogen-bond donors (Lipinski definition) is 4. The molecular weight excluding hydrogens is 414 g/mol. The average Bonchev–Trinajstić information content (AvgIpc) is 3.12. The zero-order valence-corrected chi connectivity index (χ0v) is 18.4. The minimum atomic E-state index is -1.07. The molecule has 32 heavy (non-hydrogen) atoms. The Morgan fingerprint density at radius 2 is 1.84 bits per heavy atom. The van der Waals surface area contributed by atoms with Gasteiger partial charge in [-0.05, 0) is 31.9 Å². The molecule has 4 N–H and O–H groups in total. The summed E-state index contributed by atoms with van der Waals surface area (Å²) in [6.45, 7) is 4.38. The number of ether oxygens (including phenoxy) is 1. The highest BCUT2D eigenvalue weighted by atomic mass is 16.5. The van der Waals surface area contributed by atoms with Gasteiger partial charge in [0.15, 0.2) is 5.78 Å². The number of aromatic nitrogens is 1. The lowest BCUT2D eigenvalue weighted by Gasteiger charge is -2.23. The lowest BCUT2D eigenvalue weighted by Crippen LogP contribution is -2.52. The molecule has 0 radical (unpaired) electrons. The van der Waals surface area contributed by atoms with E-state index >= 15 is 0 Å². The van der Waals surface area contributed by atoms with Crippen molar-refractivity contribution < 1.29 is 23.9 Å². The van der Waals surface area contributed by atoms with Crippen LogP contribution in [0.15, 0.2) is 35.6 Å². The molecule has 0 unspecified atom stereocenters. The first-order valence-electron chi connectivity index (χ1n) is 10.4. The number of amides is 2. The molecule has 1 aromatic heterocycles. The van der Waals surface area contributed by atoms with Crippen LogP contribution in [0.5, 0.6) is 0 Å². The molecule has 2 rings (SSSR count). The van der Waals surface area contributed by atoms with Gasteiger partial charge in [-0.15, -0.1) is 0 Å². The van der Waals surface area contributed by atoms with Crippen LogP contribution >= 0.6 is 0 Å². The van der Waals surface area contributed by atoms with Gasteiger partial charge in [-0.25, -0.2) is 10.3 Å². The summed E-state index contributed by atoms with van der Waals surface area (Å²) < 4.78 is 5.21. The predicted octanol–water partition coefficient (Wildman–Crippen LogP) is 2.03. The fraction of sp³-hybridized carbons (Fsp3) is 0.455. The molecule has 2 atom stereocenters. The van der Waals surface area contributed by atoms with Crippen LogP contribution in [-0.4, -0.2) is 53.3 Å². The highest BCUT2D eigenvalue weighted by molar-refractivity contribution is 5.92. The van der Waals surface area contributed by atoms with Crippen molar-refractivity contribution in [3.8, 4) is 0 Å². The van der Waals surface area contributed by atoms with Crippen LogP contribution in [0.3, 0.4) is 0 Å². The maximum atomic E-state index is 13.0. The summed E-state index contributed by atoms with van der Waals surface area (Å²) in [5.41, 5.74) is 8.52. The number of nitrogens with one attached hydrogen (secondary N) is 4. The number of esters is 1. The van der Waals surface area contributed by atoms with E-state index in [2.05, 4.69) is 20.7 Å². The van der Waals surface area contributed by atoms with Crippen molar-refractivity contribution in [1.29, 1.82) is 5.53 Å². The molecule has 2 aromatic rings. The Morgan fingerprint density at radius 1 is 1.12 bits per heavy atom. The molecule has 10 heteroatoms. The van der Waals surface area contributed by atoms with Gasteiger partial charge >= 0.3 is 5.97 Å². The summed E-state index contributed by atoms with van der Waals surface area (Å²) in [6.07, 6.45) is 1.54. The third-order valence-electron chi connectivity index (χ3n) is 4.71. The number of ketones is 1. The summed E-state index contributed by atoms with van der Waals surface area (Å²) in [5, 5.41) is 9.22. The number of aromatic amines is 1. The Morgan fingerprint density at radius 3 is 2.50 bits per heavy atom. The monoisotopic (exact) mass is 443 g/mol. The zero-order valence-electron chi connectivity index (χ0n) is 18.4. The molecule has 0 fully saturated rings. The van der Waals surface area contributed by atoms with Crippen LogP contribution in [0.2, 0.25) is 0 Å². The Kier molecular flexibility index (Phi) is 9.06. The maximum Gasteiger partial charge on any atom is 0.328 e. The van der Waals surface area contributed by atoms with Gasteiger partial charge in [0.2, 0.25) is 11.8 Å². The number of H-pyrrole nitrogens is 1. The molecule has 0 saturated carbocycles. The second kappa shape index (κ2) is 11.7. The first-order valence-corrected chi connectivity index (χ1v) is 10.4. The quantitative estimate of drug-likeness (QED) is 0.292. The largest absolute Gasteiger partial charge is 0.461 e. The molecule has 0 bridgehead atoms. The number of nitrogens with zero attached hydrogens (tertiary/aromatic N) is 1. The fourth-order valence-electron chi connectivity index (χ4n) is 3.28. The first kappa shape index (κ1) is 24.7. The van der Waals surface area contributed by atoms with Gasteiger partial charge in [0.25, 0.3) is 0 Å². The van der Waals surface area contributed by atoms with Gasteiger partial charge < -0.3 is 20.4 Å². The molecule has 1 heterocycles. The van der Waals surface area contributed by atoms with E-state index < -0.39 is 36.0 Å². The fourth-order valence-corrected chi connectivity index (χ4v) is 3.28. The van der Waals surface area contributed by atoms with E-state index in [1.807, 2.05) is 24.3 Å². The van der Waals surface area contributed by atoms with Crippen LogP contribution in [0.1, 0.15) is 39.2 Å². The first-order chi connectivity index (χ1) is 15.2. The van der Waals surface area contributed by atoms with E-state index in [0.29, 0.717) is 0 Å². The van der Waals surface area contributed by atoms with E-state index in [1.165, 1.54) is 6.92 Å². The Bertz CT molecular complexity index is 984. The second-order valence-electron chi connectivity index (χ2n) is 7.76. The summed E-state index contributed by atoms with van der Waals surface area (Å²) in [5.74, 6) is -1.95. The van der Waals surface area contributed by atoms with E-state index in [9.17, 15) is 19.2 Å². The molecule has 0 spiro atoms. The number of para-hydroxylation sites is 1. The van der Waals surface area contributed by atoms with E-state index in [-0.39, 0.29) is 31.6 Å². The molecular formula is C22H29N5O5. The van der Waals surface area contributed by atoms with Gasteiger partial charge in [0, 0.05) is 36.9 Å². The highest BCUT2D eigenvalue weighted by Gasteiger charge is 2.28. The van der Waals surface area contributed by atoms with E-state index in [0.717, 1.165) is 16.5 Å². The number of rotatable bonds is 12. The van der Waals surface area contributed by atoms with Crippen molar-refractivity contribution in [2.45, 2.75) is 58.2 Å². The maximum absolute atomic E-state index is 13.0. The van der Waals surface area contributed by atoms with Crippen LogP contribution in [0.25, 0.3) is 10.9 Å². The van der Waals surface area contributed by atoms with E-state index in [1.54, 1.807) is 20.0 Å². The Balaban J connectivity index is 2.18. The lowest BCUT2D eigenvalue weighted by atomic mass is 10.0. The molecule has 2 amide bonds. The van der Waals surface area contributed by atoms with Crippen LogP contribution in [-0.2, 0) is 30.3 Å².